The predicted molar refractivity (Wildman–Crippen MR) is 97.8 cm³/mol. The molecule has 0 aliphatic heterocycles. The van der Waals surface area contributed by atoms with Crippen LogP contribution in [0.5, 0.6) is 0 Å². The summed E-state index contributed by atoms with van der Waals surface area (Å²) >= 11 is 0. The molecule has 0 aliphatic rings. The van der Waals surface area contributed by atoms with Crippen LogP contribution in [0, 0.1) is 17.0 Å². The maximum atomic E-state index is 13.6. The van der Waals surface area contributed by atoms with Crippen LogP contribution in [0.3, 0.4) is 0 Å². The second-order valence-corrected chi connectivity index (χ2v) is 7.07. The molecule has 0 fully saturated rings. The second kappa shape index (κ2) is 8.08. The van der Waals surface area contributed by atoms with Crippen molar-refractivity contribution in [3.63, 3.8) is 0 Å². The molecule has 138 valence electrons. The van der Waals surface area contributed by atoms with Gasteiger partial charge in [0.15, 0.2) is 0 Å². The van der Waals surface area contributed by atoms with Gasteiger partial charge in [0.1, 0.15) is 11.6 Å². The number of carbonyl (C=O) groups is 2. The van der Waals surface area contributed by atoms with Gasteiger partial charge in [-0.2, -0.15) is 0 Å². The molecule has 0 aromatic heterocycles. The first kappa shape index (κ1) is 19.6. The smallest absolute Gasteiger partial charge is 0.229 e. The lowest BCUT2D eigenvalue weighted by atomic mass is 9.95. The molecule has 0 saturated heterocycles. The third-order valence-electron chi connectivity index (χ3n) is 3.71. The molecule has 0 heterocycles. The number of hydrogen-bond donors (Lipinski definition) is 2. The van der Waals surface area contributed by atoms with Gasteiger partial charge in [-0.05, 0) is 48.4 Å². The van der Waals surface area contributed by atoms with Gasteiger partial charge < -0.3 is 10.6 Å². The first-order valence-corrected chi connectivity index (χ1v) is 8.30. The first-order chi connectivity index (χ1) is 12.1. The summed E-state index contributed by atoms with van der Waals surface area (Å²) in [6.07, 6.45) is 0.106. The van der Waals surface area contributed by atoms with Crippen molar-refractivity contribution < 1.29 is 18.4 Å². The number of anilines is 2. The van der Waals surface area contributed by atoms with Crippen LogP contribution >= 0.6 is 0 Å². The van der Waals surface area contributed by atoms with E-state index in [0.29, 0.717) is 11.4 Å². The maximum absolute atomic E-state index is 13.6. The Balaban J connectivity index is 1.96. The Labute approximate surface area is 151 Å². The molecule has 2 N–H and O–H groups in total. The fourth-order valence-corrected chi connectivity index (χ4v) is 2.20. The van der Waals surface area contributed by atoms with E-state index in [2.05, 4.69) is 10.6 Å². The van der Waals surface area contributed by atoms with E-state index in [9.17, 15) is 18.4 Å². The fraction of sp³-hybridized carbons (Fsp3) is 0.300. The van der Waals surface area contributed by atoms with Crippen molar-refractivity contribution in [2.24, 2.45) is 5.41 Å². The lowest BCUT2D eigenvalue weighted by Crippen LogP contribution is -2.27. The van der Waals surface area contributed by atoms with Crippen molar-refractivity contribution in [3.05, 3.63) is 59.7 Å². The van der Waals surface area contributed by atoms with Crippen molar-refractivity contribution in [2.75, 3.05) is 10.6 Å². The number of carbonyl (C=O) groups excluding carboxylic acids is 2. The Hall–Kier alpha value is -2.76. The summed E-state index contributed by atoms with van der Waals surface area (Å²) in [5.74, 6) is -1.54. The summed E-state index contributed by atoms with van der Waals surface area (Å²) in [6, 6.07) is 9.94. The highest BCUT2D eigenvalue weighted by atomic mass is 19.1. The molecule has 26 heavy (non-hydrogen) atoms. The van der Waals surface area contributed by atoms with E-state index in [1.54, 1.807) is 45.0 Å². The molecule has 0 unspecified atom stereocenters. The summed E-state index contributed by atoms with van der Waals surface area (Å²) < 4.78 is 26.7. The molecular weight excluding hydrogens is 338 g/mol. The van der Waals surface area contributed by atoms with Crippen molar-refractivity contribution in [1.82, 2.24) is 0 Å². The zero-order chi connectivity index (χ0) is 19.3. The van der Waals surface area contributed by atoms with Gasteiger partial charge in [0.25, 0.3) is 0 Å². The average Bonchev–Trinajstić information content (AvgIpc) is 2.55. The van der Waals surface area contributed by atoms with Crippen molar-refractivity contribution in [3.8, 4) is 0 Å². The molecular formula is C20H22F2N2O2. The van der Waals surface area contributed by atoms with Crippen LogP contribution < -0.4 is 10.6 Å². The number of benzene rings is 2. The molecule has 0 spiro atoms. The molecule has 4 nitrogen and oxygen atoms in total. The standard InChI is InChI=1S/C20H22F2N2O2/c1-20(2,3)19(26)24-16-6-4-5-15(12-16)23-18(25)10-7-13-11-14(21)8-9-17(13)22/h4-6,8-9,11-12H,7,10H2,1-3H3,(H,23,25)(H,24,26). The topological polar surface area (TPSA) is 58.2 Å². The van der Waals surface area contributed by atoms with Gasteiger partial charge in [-0.1, -0.05) is 26.8 Å². The van der Waals surface area contributed by atoms with Crippen LogP contribution in [-0.4, -0.2) is 11.8 Å². The quantitative estimate of drug-likeness (QED) is 0.824. The van der Waals surface area contributed by atoms with E-state index in [1.807, 2.05) is 0 Å². The molecule has 0 saturated carbocycles. The second-order valence-electron chi connectivity index (χ2n) is 7.07. The number of halogens is 2. The lowest BCUT2D eigenvalue weighted by Gasteiger charge is -2.18. The van der Waals surface area contributed by atoms with Crippen LogP contribution in [0.1, 0.15) is 32.8 Å². The zero-order valence-electron chi connectivity index (χ0n) is 15.0. The third kappa shape index (κ3) is 5.65. The molecule has 0 aliphatic carbocycles. The predicted octanol–water partition coefficient (Wildman–Crippen LogP) is 4.52. The average molecular weight is 360 g/mol. The molecule has 0 atom stereocenters. The van der Waals surface area contributed by atoms with Gasteiger partial charge in [-0.25, -0.2) is 8.78 Å². The summed E-state index contributed by atoms with van der Waals surface area (Å²) in [6.45, 7) is 5.42. The highest BCUT2D eigenvalue weighted by molar-refractivity contribution is 5.96. The van der Waals surface area contributed by atoms with E-state index in [0.717, 1.165) is 18.2 Å². The normalized spacial score (nSPS) is 11.1. The van der Waals surface area contributed by atoms with E-state index >= 15 is 0 Å². The number of rotatable bonds is 5. The van der Waals surface area contributed by atoms with Gasteiger partial charge >= 0.3 is 0 Å². The van der Waals surface area contributed by atoms with E-state index < -0.39 is 17.0 Å². The molecule has 2 aromatic rings. The van der Waals surface area contributed by atoms with Gasteiger partial charge in [-0.15, -0.1) is 0 Å². The summed E-state index contributed by atoms with van der Waals surface area (Å²) in [5, 5.41) is 5.48. The van der Waals surface area contributed by atoms with Crippen molar-refractivity contribution in [1.29, 1.82) is 0 Å². The Kier molecular flexibility index (Phi) is 6.08. The van der Waals surface area contributed by atoms with Gasteiger partial charge in [0.2, 0.25) is 11.8 Å². The van der Waals surface area contributed by atoms with Crippen LogP contribution in [0.2, 0.25) is 0 Å². The minimum atomic E-state index is -0.538. The minimum absolute atomic E-state index is 0.0128. The zero-order valence-corrected chi connectivity index (χ0v) is 15.0. The number of hydrogen-bond acceptors (Lipinski definition) is 2. The lowest BCUT2D eigenvalue weighted by molar-refractivity contribution is -0.123. The van der Waals surface area contributed by atoms with Gasteiger partial charge in [-0.3, -0.25) is 9.59 Å². The largest absolute Gasteiger partial charge is 0.326 e. The van der Waals surface area contributed by atoms with Gasteiger partial charge in [0, 0.05) is 23.2 Å². The molecule has 2 amide bonds. The molecule has 6 heteroatoms. The third-order valence-corrected chi connectivity index (χ3v) is 3.71. The van der Waals surface area contributed by atoms with E-state index in [1.165, 1.54) is 0 Å². The van der Waals surface area contributed by atoms with Crippen LogP contribution in [0.4, 0.5) is 20.2 Å². The summed E-state index contributed by atoms with van der Waals surface area (Å²) in [7, 11) is 0. The Bertz CT molecular complexity index is 814. The van der Waals surface area contributed by atoms with Gasteiger partial charge in [0.05, 0.1) is 0 Å². The molecule has 0 radical (unpaired) electrons. The Morgan fingerprint density at radius 2 is 1.62 bits per heavy atom. The maximum Gasteiger partial charge on any atom is 0.229 e. The number of aryl methyl sites for hydroxylation is 1. The molecule has 0 bridgehead atoms. The first-order valence-electron chi connectivity index (χ1n) is 8.30. The SMILES string of the molecule is CC(C)(C)C(=O)Nc1cccc(NC(=O)CCc2cc(F)ccc2F)c1. The van der Waals surface area contributed by atoms with Crippen molar-refractivity contribution >= 4 is 23.2 Å². The Morgan fingerprint density at radius 1 is 0.962 bits per heavy atom. The number of amides is 2. The summed E-state index contributed by atoms with van der Waals surface area (Å²) in [5.41, 5.74) is 0.709. The molecule has 2 aromatic carbocycles. The van der Waals surface area contributed by atoms with Crippen LogP contribution in [0.15, 0.2) is 42.5 Å². The molecule has 2 rings (SSSR count). The van der Waals surface area contributed by atoms with E-state index in [-0.39, 0.29) is 30.2 Å². The summed E-state index contributed by atoms with van der Waals surface area (Å²) in [4.78, 5) is 24.1. The number of nitrogens with one attached hydrogen (secondary N) is 2. The van der Waals surface area contributed by atoms with Crippen LogP contribution in [-0.2, 0) is 16.0 Å². The monoisotopic (exact) mass is 360 g/mol. The van der Waals surface area contributed by atoms with Crippen molar-refractivity contribution in [2.45, 2.75) is 33.6 Å². The fourth-order valence-electron chi connectivity index (χ4n) is 2.20. The van der Waals surface area contributed by atoms with Crippen LogP contribution in [0.25, 0.3) is 0 Å². The highest BCUT2D eigenvalue weighted by Crippen LogP contribution is 2.20. The highest BCUT2D eigenvalue weighted by Gasteiger charge is 2.21. The minimum Gasteiger partial charge on any atom is -0.326 e. The van der Waals surface area contributed by atoms with E-state index in [4.69, 9.17) is 0 Å². The Morgan fingerprint density at radius 3 is 2.27 bits per heavy atom.